The summed E-state index contributed by atoms with van der Waals surface area (Å²) in [6.45, 7) is 1.92. The minimum absolute atomic E-state index is 0.0499. The van der Waals surface area contributed by atoms with Crippen molar-refractivity contribution in [1.29, 1.82) is 0 Å². The molecule has 0 spiro atoms. The smallest absolute Gasteiger partial charge is 0.345 e. The van der Waals surface area contributed by atoms with E-state index in [4.69, 9.17) is 26.8 Å². The first kappa shape index (κ1) is 14.2. The molecule has 2 rings (SSSR count). The summed E-state index contributed by atoms with van der Waals surface area (Å²) in [6.07, 6.45) is 0. The minimum atomic E-state index is -0.582. The van der Waals surface area contributed by atoms with Gasteiger partial charge in [0.1, 0.15) is 24.5 Å². The zero-order valence-electron chi connectivity index (χ0n) is 10.8. The van der Waals surface area contributed by atoms with Crippen molar-refractivity contribution in [3.63, 3.8) is 0 Å². The second-order valence-electron chi connectivity index (χ2n) is 3.95. The van der Waals surface area contributed by atoms with E-state index in [0.29, 0.717) is 16.5 Å². The molecule has 0 fully saturated rings. The highest BCUT2D eigenvalue weighted by atomic mass is 35.5. The fourth-order valence-electron chi connectivity index (χ4n) is 1.53. The summed E-state index contributed by atoms with van der Waals surface area (Å²) in [4.78, 5) is 11.7. The average molecular weight is 297 g/mol. The van der Waals surface area contributed by atoms with Crippen molar-refractivity contribution in [1.82, 2.24) is 5.16 Å². The van der Waals surface area contributed by atoms with Gasteiger partial charge < -0.3 is 19.7 Å². The van der Waals surface area contributed by atoms with E-state index in [1.807, 2.05) is 0 Å². The van der Waals surface area contributed by atoms with E-state index in [2.05, 4.69) is 9.68 Å². The van der Waals surface area contributed by atoms with Gasteiger partial charge in [0.2, 0.25) is 5.88 Å². The molecule has 0 atom stereocenters. The van der Waals surface area contributed by atoms with Gasteiger partial charge in [-0.2, -0.15) is 0 Å². The number of nitrogen functional groups attached to an aromatic ring is 1. The molecule has 0 aliphatic heterocycles. The molecular weight excluding hydrogens is 284 g/mol. The standard InChI is InChI=1S/C13H13ClN2O4/c1-8-11(12(15)20-16-8)13(17)19-7-6-18-10-4-2-9(14)3-5-10/h2-5H,6-7,15H2,1H3. The number of aryl methyl sites for hydroxylation is 1. The van der Waals surface area contributed by atoms with Crippen LogP contribution in [0.25, 0.3) is 0 Å². The van der Waals surface area contributed by atoms with Crippen LogP contribution in [0.5, 0.6) is 5.75 Å². The Bertz CT molecular complexity index is 575. The van der Waals surface area contributed by atoms with Gasteiger partial charge in [-0.1, -0.05) is 16.8 Å². The Morgan fingerprint density at radius 2 is 2.05 bits per heavy atom. The highest BCUT2D eigenvalue weighted by molar-refractivity contribution is 6.30. The van der Waals surface area contributed by atoms with Crippen molar-refractivity contribution in [3.05, 3.63) is 40.5 Å². The van der Waals surface area contributed by atoms with Crippen LogP contribution in [0.2, 0.25) is 5.02 Å². The highest BCUT2D eigenvalue weighted by Gasteiger charge is 2.19. The van der Waals surface area contributed by atoms with E-state index in [9.17, 15) is 4.79 Å². The van der Waals surface area contributed by atoms with E-state index in [0.717, 1.165) is 0 Å². The highest BCUT2D eigenvalue weighted by Crippen LogP contribution is 2.17. The molecule has 0 saturated carbocycles. The van der Waals surface area contributed by atoms with E-state index in [1.54, 1.807) is 31.2 Å². The van der Waals surface area contributed by atoms with Crippen LogP contribution < -0.4 is 10.5 Å². The third kappa shape index (κ3) is 3.42. The number of carbonyl (C=O) groups is 1. The molecule has 0 saturated heterocycles. The number of rotatable bonds is 5. The summed E-state index contributed by atoms with van der Waals surface area (Å²) >= 11 is 5.75. The van der Waals surface area contributed by atoms with Crippen molar-refractivity contribution < 1.29 is 18.8 Å². The van der Waals surface area contributed by atoms with Crippen molar-refractivity contribution in [2.24, 2.45) is 0 Å². The number of nitrogens with zero attached hydrogens (tertiary/aromatic N) is 1. The molecule has 7 heteroatoms. The number of esters is 1. The first-order chi connectivity index (χ1) is 9.58. The fourth-order valence-corrected chi connectivity index (χ4v) is 1.66. The van der Waals surface area contributed by atoms with Crippen LogP contribution in [0.3, 0.4) is 0 Å². The van der Waals surface area contributed by atoms with Crippen molar-refractivity contribution in [2.75, 3.05) is 18.9 Å². The second kappa shape index (κ2) is 6.29. The first-order valence-electron chi connectivity index (χ1n) is 5.85. The average Bonchev–Trinajstić information content (AvgIpc) is 2.76. The number of aromatic nitrogens is 1. The van der Waals surface area contributed by atoms with Crippen LogP contribution in [0.1, 0.15) is 16.1 Å². The lowest BCUT2D eigenvalue weighted by Crippen LogP contribution is -2.13. The van der Waals surface area contributed by atoms with Crippen molar-refractivity contribution in [2.45, 2.75) is 6.92 Å². The minimum Gasteiger partial charge on any atom is -0.490 e. The largest absolute Gasteiger partial charge is 0.490 e. The predicted molar refractivity (Wildman–Crippen MR) is 72.9 cm³/mol. The summed E-state index contributed by atoms with van der Waals surface area (Å²) < 4.78 is 15.1. The first-order valence-corrected chi connectivity index (χ1v) is 6.23. The predicted octanol–water partition coefficient (Wildman–Crippen LogP) is 2.45. The number of hydrogen-bond acceptors (Lipinski definition) is 6. The van der Waals surface area contributed by atoms with Crippen molar-refractivity contribution >= 4 is 23.5 Å². The molecule has 1 aromatic carbocycles. The van der Waals surface area contributed by atoms with Crippen LogP contribution in [-0.4, -0.2) is 24.3 Å². The van der Waals surface area contributed by atoms with E-state index < -0.39 is 5.97 Å². The molecule has 0 unspecified atom stereocenters. The molecule has 0 amide bonds. The molecule has 1 heterocycles. The Kier molecular flexibility index (Phi) is 4.47. The van der Waals surface area contributed by atoms with Gasteiger partial charge in [0.05, 0.1) is 5.69 Å². The van der Waals surface area contributed by atoms with E-state index >= 15 is 0 Å². The maximum atomic E-state index is 11.7. The summed E-state index contributed by atoms with van der Waals surface area (Å²) in [5, 5.41) is 4.20. The van der Waals surface area contributed by atoms with Gasteiger partial charge in [0.25, 0.3) is 0 Å². The number of hydrogen-bond donors (Lipinski definition) is 1. The number of benzene rings is 1. The molecule has 0 radical (unpaired) electrons. The van der Waals surface area contributed by atoms with Gasteiger partial charge >= 0.3 is 5.97 Å². The van der Waals surface area contributed by atoms with Crippen LogP contribution in [-0.2, 0) is 4.74 Å². The molecule has 20 heavy (non-hydrogen) atoms. The second-order valence-corrected chi connectivity index (χ2v) is 4.38. The van der Waals surface area contributed by atoms with Gasteiger partial charge in [-0.3, -0.25) is 0 Å². The van der Waals surface area contributed by atoms with Crippen LogP contribution in [0.15, 0.2) is 28.8 Å². The van der Waals surface area contributed by atoms with Gasteiger partial charge in [-0.05, 0) is 31.2 Å². The number of halogens is 1. The molecule has 106 valence electrons. The molecule has 2 N–H and O–H groups in total. The molecule has 0 bridgehead atoms. The summed E-state index contributed by atoms with van der Waals surface area (Å²) in [7, 11) is 0. The number of ether oxygens (including phenoxy) is 2. The zero-order valence-corrected chi connectivity index (χ0v) is 11.5. The maximum Gasteiger partial charge on any atom is 0.345 e. The molecule has 0 aliphatic carbocycles. The summed E-state index contributed by atoms with van der Waals surface area (Å²) in [5.41, 5.74) is 6.02. The Balaban J connectivity index is 1.79. The number of nitrogens with two attached hydrogens (primary N) is 1. The molecular formula is C13H13ClN2O4. The maximum absolute atomic E-state index is 11.7. The Morgan fingerprint density at radius 1 is 1.35 bits per heavy atom. The monoisotopic (exact) mass is 296 g/mol. The van der Waals surface area contributed by atoms with Gasteiger partial charge in [0.15, 0.2) is 0 Å². The lowest BCUT2D eigenvalue weighted by molar-refractivity contribution is 0.0450. The van der Waals surface area contributed by atoms with Gasteiger partial charge in [-0.15, -0.1) is 0 Å². The van der Waals surface area contributed by atoms with Crippen LogP contribution in [0.4, 0.5) is 5.88 Å². The third-order valence-electron chi connectivity index (χ3n) is 2.49. The lowest BCUT2D eigenvalue weighted by atomic mass is 10.2. The van der Waals surface area contributed by atoms with Crippen LogP contribution >= 0.6 is 11.6 Å². The quantitative estimate of drug-likeness (QED) is 0.673. The lowest BCUT2D eigenvalue weighted by Gasteiger charge is -2.07. The topological polar surface area (TPSA) is 87.6 Å². The number of anilines is 1. The van der Waals surface area contributed by atoms with E-state index in [1.165, 1.54) is 0 Å². The van der Waals surface area contributed by atoms with Gasteiger partial charge in [0, 0.05) is 5.02 Å². The Morgan fingerprint density at radius 3 is 2.65 bits per heavy atom. The Hall–Kier alpha value is -2.21. The number of carbonyl (C=O) groups excluding carboxylic acids is 1. The SMILES string of the molecule is Cc1noc(N)c1C(=O)OCCOc1ccc(Cl)cc1. The molecule has 0 aliphatic rings. The van der Waals surface area contributed by atoms with Gasteiger partial charge in [-0.25, -0.2) is 4.79 Å². The summed E-state index contributed by atoms with van der Waals surface area (Å²) in [5.74, 6) is 0.0122. The van der Waals surface area contributed by atoms with E-state index in [-0.39, 0.29) is 24.7 Å². The normalized spacial score (nSPS) is 10.3. The van der Waals surface area contributed by atoms with Crippen molar-refractivity contribution in [3.8, 4) is 5.75 Å². The fraction of sp³-hybridized carbons (Fsp3) is 0.231. The molecule has 6 nitrogen and oxygen atoms in total. The Labute approximate surface area is 120 Å². The third-order valence-corrected chi connectivity index (χ3v) is 2.74. The molecule has 1 aromatic heterocycles. The zero-order chi connectivity index (χ0) is 14.5. The molecule has 2 aromatic rings. The van der Waals surface area contributed by atoms with Crippen LogP contribution in [0, 0.1) is 6.92 Å². The summed E-state index contributed by atoms with van der Waals surface area (Å²) in [6, 6.07) is 6.88.